The molecule has 4 rings (SSSR count). The lowest BCUT2D eigenvalue weighted by Gasteiger charge is -2.44. The highest BCUT2D eigenvalue weighted by atomic mass is 79.9. The van der Waals surface area contributed by atoms with Crippen molar-refractivity contribution in [3.8, 4) is 0 Å². The van der Waals surface area contributed by atoms with E-state index in [2.05, 4.69) is 26.1 Å². The van der Waals surface area contributed by atoms with Crippen LogP contribution in [0.2, 0.25) is 0 Å². The van der Waals surface area contributed by atoms with Crippen molar-refractivity contribution in [2.45, 2.75) is 18.9 Å². The van der Waals surface area contributed by atoms with Crippen LogP contribution >= 0.6 is 15.9 Å². The molecule has 0 aliphatic carbocycles. The third kappa shape index (κ3) is 2.77. The number of benzene rings is 1. The van der Waals surface area contributed by atoms with Crippen LogP contribution in [-0.4, -0.2) is 36.5 Å². The van der Waals surface area contributed by atoms with Crippen LogP contribution < -0.4 is 11.1 Å². The summed E-state index contributed by atoms with van der Waals surface area (Å²) >= 11 is 3.37. The number of halogens is 1. The molecular weight excluding hydrogens is 306 g/mol. The van der Waals surface area contributed by atoms with Crippen LogP contribution in [0.5, 0.6) is 0 Å². The van der Waals surface area contributed by atoms with E-state index in [4.69, 9.17) is 5.73 Å². The minimum atomic E-state index is -0.0215. The summed E-state index contributed by atoms with van der Waals surface area (Å²) in [6, 6.07) is 5.62. The third-order valence-corrected chi connectivity index (χ3v) is 4.61. The molecule has 0 saturated carbocycles. The fourth-order valence-corrected chi connectivity index (χ4v) is 3.63. The second-order valence-electron chi connectivity index (χ2n) is 5.49. The van der Waals surface area contributed by atoms with Gasteiger partial charge in [-0.05, 0) is 50.0 Å². The maximum absolute atomic E-state index is 12.3. The summed E-state index contributed by atoms with van der Waals surface area (Å²) in [6.07, 6.45) is 2.40. The molecule has 3 saturated heterocycles. The topological polar surface area (TPSA) is 58.4 Å². The van der Waals surface area contributed by atoms with Gasteiger partial charge in [0.25, 0.3) is 5.91 Å². The number of nitrogens with one attached hydrogen (secondary N) is 1. The molecule has 3 heterocycles. The van der Waals surface area contributed by atoms with Crippen molar-refractivity contribution < 1.29 is 4.79 Å². The van der Waals surface area contributed by atoms with Crippen LogP contribution in [0.3, 0.4) is 0 Å². The van der Waals surface area contributed by atoms with Crippen molar-refractivity contribution in [1.82, 2.24) is 10.2 Å². The zero-order valence-corrected chi connectivity index (χ0v) is 12.3. The number of hydrogen-bond acceptors (Lipinski definition) is 3. The van der Waals surface area contributed by atoms with E-state index in [0.717, 1.165) is 11.0 Å². The Labute approximate surface area is 121 Å². The number of piperidine rings is 3. The van der Waals surface area contributed by atoms with Gasteiger partial charge in [0.1, 0.15) is 0 Å². The summed E-state index contributed by atoms with van der Waals surface area (Å²) in [6.45, 7) is 3.35. The van der Waals surface area contributed by atoms with Gasteiger partial charge in [0, 0.05) is 28.3 Å². The van der Waals surface area contributed by atoms with Gasteiger partial charge < -0.3 is 16.0 Å². The average Bonchev–Trinajstić information content (AvgIpc) is 2.39. The molecule has 19 heavy (non-hydrogen) atoms. The smallest absolute Gasteiger partial charge is 0.251 e. The number of rotatable bonds is 2. The molecule has 102 valence electrons. The number of amides is 1. The number of nitrogen functional groups attached to an aromatic ring is 1. The van der Waals surface area contributed by atoms with E-state index in [0.29, 0.717) is 17.2 Å². The second-order valence-corrected chi connectivity index (χ2v) is 6.41. The van der Waals surface area contributed by atoms with Crippen LogP contribution in [0, 0.1) is 5.92 Å². The molecule has 3 aliphatic heterocycles. The van der Waals surface area contributed by atoms with Crippen molar-refractivity contribution in [3.63, 3.8) is 0 Å². The number of fused-ring (bicyclic) bond motifs is 3. The molecule has 0 radical (unpaired) electrons. The minimum Gasteiger partial charge on any atom is -0.399 e. The molecule has 5 heteroatoms. The summed E-state index contributed by atoms with van der Waals surface area (Å²) in [4.78, 5) is 14.7. The van der Waals surface area contributed by atoms with E-state index in [-0.39, 0.29) is 11.9 Å². The number of hydrogen-bond donors (Lipinski definition) is 2. The van der Waals surface area contributed by atoms with Gasteiger partial charge in [0.15, 0.2) is 0 Å². The van der Waals surface area contributed by atoms with E-state index in [1.165, 1.54) is 25.9 Å². The molecule has 1 aromatic rings. The first kappa shape index (κ1) is 12.9. The third-order valence-electron chi connectivity index (χ3n) is 4.15. The lowest BCUT2D eigenvalue weighted by atomic mass is 9.84. The van der Waals surface area contributed by atoms with Crippen LogP contribution in [-0.2, 0) is 0 Å². The maximum atomic E-state index is 12.3. The zero-order chi connectivity index (χ0) is 13.4. The van der Waals surface area contributed by atoms with E-state index < -0.39 is 0 Å². The van der Waals surface area contributed by atoms with Gasteiger partial charge in [-0.15, -0.1) is 0 Å². The fourth-order valence-electron chi connectivity index (χ4n) is 3.12. The van der Waals surface area contributed by atoms with Crippen molar-refractivity contribution in [1.29, 1.82) is 0 Å². The Hall–Kier alpha value is -1.07. The van der Waals surface area contributed by atoms with Crippen LogP contribution in [0.4, 0.5) is 5.69 Å². The molecule has 0 aromatic heterocycles. The number of carbonyl (C=O) groups is 1. The normalized spacial score (nSPS) is 29.2. The van der Waals surface area contributed by atoms with Gasteiger partial charge in [-0.2, -0.15) is 0 Å². The zero-order valence-electron chi connectivity index (χ0n) is 10.7. The summed E-state index contributed by atoms with van der Waals surface area (Å²) < 4.78 is 0.839. The predicted molar refractivity (Wildman–Crippen MR) is 79.0 cm³/mol. The summed E-state index contributed by atoms with van der Waals surface area (Å²) in [7, 11) is 0. The van der Waals surface area contributed by atoms with E-state index in [1.807, 2.05) is 6.07 Å². The lowest BCUT2D eigenvalue weighted by molar-refractivity contribution is 0.0620. The number of anilines is 1. The first-order valence-corrected chi connectivity index (χ1v) is 7.50. The predicted octanol–water partition coefficient (Wildman–Crippen LogP) is 1.86. The first-order chi connectivity index (χ1) is 9.11. The van der Waals surface area contributed by atoms with E-state index in [1.54, 1.807) is 12.1 Å². The van der Waals surface area contributed by atoms with Crippen LogP contribution in [0.15, 0.2) is 22.7 Å². The summed E-state index contributed by atoms with van der Waals surface area (Å²) in [5.41, 5.74) is 7.01. The van der Waals surface area contributed by atoms with Gasteiger partial charge in [-0.25, -0.2) is 0 Å². The van der Waals surface area contributed by atoms with Crippen molar-refractivity contribution in [2.24, 2.45) is 5.92 Å². The molecule has 3 aliphatic rings. The van der Waals surface area contributed by atoms with Crippen LogP contribution in [0.25, 0.3) is 0 Å². The highest BCUT2D eigenvalue weighted by Gasteiger charge is 2.34. The highest BCUT2D eigenvalue weighted by Crippen LogP contribution is 2.28. The quantitative estimate of drug-likeness (QED) is 0.817. The standard InChI is InChI=1S/C14H18BrN3O/c15-11-5-10(6-12(16)7-11)14(19)17-13-8-18-3-1-9(13)2-4-18/h5-7,9,13H,1-4,8,16H2,(H,17,19). The Bertz CT molecular complexity index is 477. The SMILES string of the molecule is Nc1cc(Br)cc(C(=O)NC2CN3CCC2CC3)c1. The monoisotopic (exact) mass is 323 g/mol. The number of carbonyl (C=O) groups excluding carboxylic acids is 1. The Morgan fingerprint density at radius 1 is 1.32 bits per heavy atom. The summed E-state index contributed by atoms with van der Waals surface area (Å²) in [5.74, 6) is 0.616. The Morgan fingerprint density at radius 3 is 2.63 bits per heavy atom. The Kier molecular flexibility index (Phi) is 3.50. The van der Waals surface area contributed by atoms with E-state index in [9.17, 15) is 4.79 Å². The van der Waals surface area contributed by atoms with Gasteiger partial charge in [-0.1, -0.05) is 15.9 Å². The first-order valence-electron chi connectivity index (χ1n) is 6.71. The van der Waals surface area contributed by atoms with Gasteiger partial charge in [0.2, 0.25) is 0 Å². The van der Waals surface area contributed by atoms with Gasteiger partial charge in [0.05, 0.1) is 0 Å². The second kappa shape index (κ2) is 5.13. The van der Waals surface area contributed by atoms with Crippen molar-refractivity contribution >= 4 is 27.5 Å². The lowest BCUT2D eigenvalue weighted by Crippen LogP contribution is -2.57. The molecule has 1 aromatic carbocycles. The van der Waals surface area contributed by atoms with Gasteiger partial charge >= 0.3 is 0 Å². The van der Waals surface area contributed by atoms with Crippen molar-refractivity contribution in [2.75, 3.05) is 25.4 Å². The van der Waals surface area contributed by atoms with Crippen LogP contribution in [0.1, 0.15) is 23.2 Å². The van der Waals surface area contributed by atoms with Crippen molar-refractivity contribution in [3.05, 3.63) is 28.2 Å². The average molecular weight is 324 g/mol. The van der Waals surface area contributed by atoms with Gasteiger partial charge in [-0.3, -0.25) is 4.79 Å². The largest absolute Gasteiger partial charge is 0.399 e. The fraction of sp³-hybridized carbons (Fsp3) is 0.500. The maximum Gasteiger partial charge on any atom is 0.251 e. The molecule has 1 unspecified atom stereocenters. The molecular formula is C14H18BrN3O. The molecule has 2 bridgehead atoms. The van der Waals surface area contributed by atoms with E-state index >= 15 is 0 Å². The molecule has 4 nitrogen and oxygen atoms in total. The molecule has 1 atom stereocenters. The highest BCUT2D eigenvalue weighted by molar-refractivity contribution is 9.10. The summed E-state index contributed by atoms with van der Waals surface area (Å²) in [5, 5.41) is 3.16. The molecule has 0 spiro atoms. The molecule has 3 fully saturated rings. The number of nitrogens with two attached hydrogens (primary N) is 1. The molecule has 3 N–H and O–H groups in total. The Balaban J connectivity index is 1.71. The Morgan fingerprint density at radius 2 is 2.05 bits per heavy atom. The number of nitrogens with zero attached hydrogens (tertiary/aromatic N) is 1. The minimum absolute atomic E-state index is 0.0215. The molecule has 1 amide bonds.